The first-order valence-electron chi connectivity index (χ1n) is 5.35. The average Bonchev–Trinajstić information content (AvgIpc) is 2.70. The lowest BCUT2D eigenvalue weighted by Gasteiger charge is -2.05. The predicted octanol–water partition coefficient (Wildman–Crippen LogP) is 1.63. The fourth-order valence-corrected chi connectivity index (χ4v) is 1.56. The number of hydrogen-bond acceptors (Lipinski definition) is 3. The highest BCUT2D eigenvalue weighted by molar-refractivity contribution is 5.71. The second-order valence-electron chi connectivity index (χ2n) is 3.95. The third-order valence-electron chi connectivity index (χ3n) is 2.56. The van der Waals surface area contributed by atoms with Crippen molar-refractivity contribution >= 4 is 11.6 Å². The summed E-state index contributed by atoms with van der Waals surface area (Å²) in [4.78, 5) is 15.0. The van der Waals surface area contributed by atoms with E-state index in [1.54, 1.807) is 0 Å². The number of nitrogens with zero attached hydrogens (tertiary/aromatic N) is 2. The number of carboxylic acids is 1. The number of aromatic nitrogens is 2. The van der Waals surface area contributed by atoms with Crippen LogP contribution in [-0.4, -0.2) is 26.6 Å². The minimum atomic E-state index is -0.968. The molecule has 2 rings (SSSR count). The smallest absolute Gasteiger partial charge is 0.332 e. The fraction of sp³-hybridized carbons (Fsp3) is 0.333. The Bertz CT molecular complexity index is 548. The van der Waals surface area contributed by atoms with Crippen LogP contribution in [0.3, 0.4) is 0 Å². The van der Waals surface area contributed by atoms with Crippen LogP contribution in [0, 0.1) is 6.92 Å². The molecule has 0 saturated carbocycles. The van der Waals surface area contributed by atoms with E-state index in [4.69, 9.17) is 9.84 Å². The number of imidazole rings is 1. The number of pyridine rings is 1. The maximum atomic E-state index is 10.6. The Labute approximate surface area is 98.7 Å². The molecule has 0 fully saturated rings. The number of aryl methyl sites for hydroxylation is 1. The molecule has 2 heterocycles. The molecule has 0 aliphatic carbocycles. The van der Waals surface area contributed by atoms with Crippen LogP contribution in [0.2, 0.25) is 0 Å². The van der Waals surface area contributed by atoms with Gasteiger partial charge in [-0.25, -0.2) is 9.78 Å². The summed E-state index contributed by atoms with van der Waals surface area (Å²) in [5.74, 6) is -0.968. The fourth-order valence-electron chi connectivity index (χ4n) is 1.56. The van der Waals surface area contributed by atoms with E-state index in [1.807, 2.05) is 35.9 Å². The van der Waals surface area contributed by atoms with Crippen molar-refractivity contribution in [3.05, 3.63) is 35.8 Å². The summed E-state index contributed by atoms with van der Waals surface area (Å²) >= 11 is 0. The SMILES string of the molecule is Cc1cccn2cc(CO[C@H](C)C(=O)O)nc12. The van der Waals surface area contributed by atoms with Crippen molar-refractivity contribution in [2.45, 2.75) is 26.6 Å². The number of fused-ring (bicyclic) bond motifs is 1. The van der Waals surface area contributed by atoms with E-state index in [2.05, 4.69) is 4.98 Å². The Hall–Kier alpha value is -1.88. The minimum absolute atomic E-state index is 0.203. The largest absolute Gasteiger partial charge is 0.479 e. The Kier molecular flexibility index (Phi) is 3.10. The van der Waals surface area contributed by atoms with Gasteiger partial charge >= 0.3 is 5.97 Å². The number of hydrogen-bond donors (Lipinski definition) is 1. The lowest BCUT2D eigenvalue weighted by atomic mass is 10.3. The zero-order valence-electron chi connectivity index (χ0n) is 9.75. The summed E-state index contributed by atoms with van der Waals surface area (Å²) in [6.45, 7) is 3.69. The van der Waals surface area contributed by atoms with Gasteiger partial charge in [-0.3, -0.25) is 0 Å². The maximum absolute atomic E-state index is 10.6. The zero-order valence-corrected chi connectivity index (χ0v) is 9.75. The van der Waals surface area contributed by atoms with Crippen LogP contribution in [0.15, 0.2) is 24.5 Å². The van der Waals surface area contributed by atoms with Crippen LogP contribution in [0.4, 0.5) is 0 Å². The van der Waals surface area contributed by atoms with Crippen molar-refractivity contribution < 1.29 is 14.6 Å². The standard InChI is InChI=1S/C12H14N2O3/c1-8-4-3-5-14-6-10(13-11(8)14)7-17-9(2)12(15)16/h3-6,9H,7H2,1-2H3,(H,15,16)/t9-/m1/s1. The Morgan fingerprint density at radius 2 is 2.41 bits per heavy atom. The summed E-state index contributed by atoms with van der Waals surface area (Å²) in [5.41, 5.74) is 2.67. The molecule has 1 N–H and O–H groups in total. The number of carbonyl (C=O) groups is 1. The molecule has 1 atom stereocenters. The highest BCUT2D eigenvalue weighted by Crippen LogP contribution is 2.11. The quantitative estimate of drug-likeness (QED) is 0.873. The van der Waals surface area contributed by atoms with Crippen LogP contribution in [0.1, 0.15) is 18.2 Å². The second kappa shape index (κ2) is 4.55. The molecule has 90 valence electrons. The van der Waals surface area contributed by atoms with E-state index in [0.717, 1.165) is 16.9 Å². The molecule has 0 aromatic carbocycles. The van der Waals surface area contributed by atoms with Gasteiger partial charge in [-0.15, -0.1) is 0 Å². The third kappa shape index (κ3) is 2.45. The van der Waals surface area contributed by atoms with Gasteiger partial charge in [0.05, 0.1) is 12.3 Å². The van der Waals surface area contributed by atoms with Gasteiger partial charge in [0.25, 0.3) is 0 Å². The predicted molar refractivity (Wildman–Crippen MR) is 61.8 cm³/mol. The summed E-state index contributed by atoms with van der Waals surface area (Å²) in [6.07, 6.45) is 2.93. The van der Waals surface area contributed by atoms with E-state index in [0.29, 0.717) is 0 Å². The van der Waals surface area contributed by atoms with Crippen molar-refractivity contribution in [2.75, 3.05) is 0 Å². The molecule has 0 bridgehead atoms. The number of ether oxygens (including phenoxy) is 1. The van der Waals surface area contributed by atoms with Gasteiger partial charge in [-0.05, 0) is 25.5 Å². The molecule has 5 nitrogen and oxygen atoms in total. The second-order valence-corrected chi connectivity index (χ2v) is 3.95. The van der Waals surface area contributed by atoms with Gasteiger partial charge in [0.1, 0.15) is 5.65 Å². The molecular formula is C12H14N2O3. The van der Waals surface area contributed by atoms with E-state index in [9.17, 15) is 4.79 Å². The topological polar surface area (TPSA) is 63.8 Å². The number of rotatable bonds is 4. The molecule has 0 aliphatic rings. The van der Waals surface area contributed by atoms with Crippen LogP contribution in [0.25, 0.3) is 5.65 Å². The zero-order chi connectivity index (χ0) is 12.4. The monoisotopic (exact) mass is 234 g/mol. The summed E-state index contributed by atoms with van der Waals surface area (Å²) < 4.78 is 7.09. The van der Waals surface area contributed by atoms with Gasteiger partial charge in [0.15, 0.2) is 6.10 Å². The first-order chi connectivity index (χ1) is 8.08. The van der Waals surface area contributed by atoms with E-state index in [1.165, 1.54) is 6.92 Å². The van der Waals surface area contributed by atoms with Crippen LogP contribution in [-0.2, 0) is 16.1 Å². The van der Waals surface area contributed by atoms with E-state index in [-0.39, 0.29) is 6.61 Å². The highest BCUT2D eigenvalue weighted by atomic mass is 16.5. The molecule has 0 amide bonds. The molecule has 0 spiro atoms. The Morgan fingerprint density at radius 3 is 3.06 bits per heavy atom. The van der Waals surface area contributed by atoms with Crippen molar-refractivity contribution in [1.29, 1.82) is 0 Å². The third-order valence-corrected chi connectivity index (χ3v) is 2.56. The summed E-state index contributed by atoms with van der Waals surface area (Å²) in [5, 5.41) is 8.69. The van der Waals surface area contributed by atoms with Gasteiger partial charge in [-0.2, -0.15) is 0 Å². The molecule has 0 saturated heterocycles. The van der Waals surface area contributed by atoms with Crippen molar-refractivity contribution in [2.24, 2.45) is 0 Å². The van der Waals surface area contributed by atoms with Crippen molar-refractivity contribution in [1.82, 2.24) is 9.38 Å². The molecule has 0 aliphatic heterocycles. The van der Waals surface area contributed by atoms with Gasteiger partial charge in [0.2, 0.25) is 0 Å². The van der Waals surface area contributed by atoms with Gasteiger partial charge in [-0.1, -0.05) is 6.07 Å². The van der Waals surface area contributed by atoms with Crippen molar-refractivity contribution in [3.63, 3.8) is 0 Å². The van der Waals surface area contributed by atoms with Crippen LogP contribution in [0.5, 0.6) is 0 Å². The Balaban J connectivity index is 2.15. The molecule has 17 heavy (non-hydrogen) atoms. The van der Waals surface area contributed by atoms with E-state index < -0.39 is 12.1 Å². The lowest BCUT2D eigenvalue weighted by molar-refractivity contribution is -0.149. The van der Waals surface area contributed by atoms with Gasteiger partial charge < -0.3 is 14.2 Å². The van der Waals surface area contributed by atoms with Gasteiger partial charge in [0, 0.05) is 12.4 Å². The molecule has 2 aromatic heterocycles. The Morgan fingerprint density at radius 1 is 1.65 bits per heavy atom. The minimum Gasteiger partial charge on any atom is -0.479 e. The molecule has 2 aromatic rings. The highest BCUT2D eigenvalue weighted by Gasteiger charge is 2.12. The summed E-state index contributed by atoms with van der Waals surface area (Å²) in [6, 6.07) is 3.92. The maximum Gasteiger partial charge on any atom is 0.332 e. The van der Waals surface area contributed by atoms with Crippen LogP contribution >= 0.6 is 0 Å². The first-order valence-corrected chi connectivity index (χ1v) is 5.35. The van der Waals surface area contributed by atoms with Crippen molar-refractivity contribution in [3.8, 4) is 0 Å². The molecular weight excluding hydrogens is 220 g/mol. The molecule has 0 unspecified atom stereocenters. The number of aliphatic carboxylic acids is 1. The van der Waals surface area contributed by atoms with E-state index >= 15 is 0 Å². The average molecular weight is 234 g/mol. The lowest BCUT2D eigenvalue weighted by Crippen LogP contribution is -2.19. The van der Waals surface area contributed by atoms with Crippen LogP contribution < -0.4 is 0 Å². The number of carboxylic acid groups (broad SMARTS) is 1. The summed E-state index contributed by atoms with van der Waals surface area (Å²) in [7, 11) is 0. The normalized spacial score (nSPS) is 12.8. The molecule has 5 heteroatoms. The first kappa shape index (κ1) is 11.6. The molecule has 0 radical (unpaired) electrons.